The number of hydrogen-bond acceptors (Lipinski definition) is 3. The van der Waals surface area contributed by atoms with Gasteiger partial charge in [-0.3, -0.25) is 8.32 Å². The van der Waals surface area contributed by atoms with Gasteiger partial charge in [0.25, 0.3) is 5.91 Å². The summed E-state index contributed by atoms with van der Waals surface area (Å²) in [6.45, 7) is -0.653. The SMILES string of the molecule is O=C(O)COCC(=O)NI. The molecule has 2 N–H and O–H groups in total. The van der Waals surface area contributed by atoms with E-state index in [-0.39, 0.29) is 12.5 Å². The maximum absolute atomic E-state index is 10.4. The van der Waals surface area contributed by atoms with Gasteiger partial charge in [0.05, 0.1) is 22.9 Å². The summed E-state index contributed by atoms with van der Waals surface area (Å²) >= 11 is 1.64. The van der Waals surface area contributed by atoms with Crippen LogP contribution in [0.25, 0.3) is 0 Å². The number of halogens is 1. The van der Waals surface area contributed by atoms with Crippen LogP contribution in [-0.4, -0.2) is 30.2 Å². The van der Waals surface area contributed by atoms with Crippen molar-refractivity contribution in [1.29, 1.82) is 0 Å². The van der Waals surface area contributed by atoms with Crippen molar-refractivity contribution in [1.82, 2.24) is 3.53 Å². The van der Waals surface area contributed by atoms with Crippen molar-refractivity contribution in [2.75, 3.05) is 13.2 Å². The van der Waals surface area contributed by atoms with Gasteiger partial charge in [0.1, 0.15) is 13.2 Å². The van der Waals surface area contributed by atoms with Crippen LogP contribution < -0.4 is 3.53 Å². The van der Waals surface area contributed by atoms with Gasteiger partial charge in [0, 0.05) is 0 Å². The van der Waals surface area contributed by atoms with Crippen LogP contribution in [0.15, 0.2) is 0 Å². The monoisotopic (exact) mass is 259 g/mol. The molecule has 0 saturated carbocycles. The Morgan fingerprint density at radius 2 is 2.10 bits per heavy atom. The van der Waals surface area contributed by atoms with Gasteiger partial charge in [-0.05, 0) is 0 Å². The summed E-state index contributed by atoms with van der Waals surface area (Å²) in [5.41, 5.74) is 0. The number of ether oxygens (including phenoxy) is 1. The highest BCUT2D eigenvalue weighted by atomic mass is 127. The first-order chi connectivity index (χ1) is 4.66. The average Bonchev–Trinajstić information content (AvgIpc) is 1.87. The summed E-state index contributed by atoms with van der Waals surface area (Å²) < 4.78 is 6.68. The number of aliphatic carboxylic acids is 1. The molecule has 0 unspecified atom stereocenters. The van der Waals surface area contributed by atoms with E-state index in [9.17, 15) is 9.59 Å². The summed E-state index contributed by atoms with van der Waals surface area (Å²) in [7, 11) is 0. The second-order valence-corrected chi connectivity index (χ2v) is 1.94. The Kier molecular flexibility index (Phi) is 5.22. The molecule has 0 saturated heterocycles. The maximum Gasteiger partial charge on any atom is 0.329 e. The molecule has 0 aliphatic carbocycles. The molecule has 10 heavy (non-hydrogen) atoms. The van der Waals surface area contributed by atoms with Gasteiger partial charge in [0.2, 0.25) is 0 Å². The fourth-order valence-electron chi connectivity index (χ4n) is 0.258. The summed E-state index contributed by atoms with van der Waals surface area (Å²) in [5.74, 6) is -1.43. The van der Waals surface area contributed by atoms with Crippen LogP contribution in [0.2, 0.25) is 0 Å². The van der Waals surface area contributed by atoms with E-state index < -0.39 is 12.6 Å². The first-order valence-electron chi connectivity index (χ1n) is 2.36. The third kappa shape index (κ3) is 5.76. The largest absolute Gasteiger partial charge is 0.480 e. The van der Waals surface area contributed by atoms with Gasteiger partial charge in [-0.15, -0.1) is 0 Å². The zero-order valence-corrected chi connectivity index (χ0v) is 7.12. The first kappa shape index (κ1) is 9.63. The number of carbonyl (C=O) groups is 2. The number of amides is 1. The highest BCUT2D eigenvalue weighted by Crippen LogP contribution is 1.77. The highest BCUT2D eigenvalue weighted by molar-refractivity contribution is 14.1. The van der Waals surface area contributed by atoms with Crippen molar-refractivity contribution in [3.63, 3.8) is 0 Å². The Hall–Kier alpha value is -0.370. The topological polar surface area (TPSA) is 75.6 Å². The number of hydrogen-bond donors (Lipinski definition) is 2. The lowest BCUT2D eigenvalue weighted by Gasteiger charge is -1.96. The minimum absolute atomic E-state index is 0.213. The summed E-state index contributed by atoms with van der Waals surface area (Å²) in [6.07, 6.45) is 0. The zero-order chi connectivity index (χ0) is 7.98. The van der Waals surface area contributed by atoms with Gasteiger partial charge < -0.3 is 9.84 Å². The summed E-state index contributed by atoms with van der Waals surface area (Å²) in [4.78, 5) is 20.2. The highest BCUT2D eigenvalue weighted by Gasteiger charge is 2.00. The Balaban J connectivity index is 3.20. The second kappa shape index (κ2) is 5.42. The van der Waals surface area contributed by atoms with Crippen LogP contribution in [0.4, 0.5) is 0 Å². The molecule has 0 atom stereocenters. The number of carboxylic acid groups (broad SMARTS) is 1. The summed E-state index contributed by atoms with van der Waals surface area (Å²) in [6, 6.07) is 0. The molecule has 0 radical (unpaired) electrons. The lowest BCUT2D eigenvalue weighted by molar-refractivity contribution is -0.143. The molecule has 5 nitrogen and oxygen atoms in total. The van der Waals surface area contributed by atoms with Gasteiger partial charge in [-0.2, -0.15) is 0 Å². The minimum Gasteiger partial charge on any atom is -0.480 e. The molecule has 0 aromatic heterocycles. The molecule has 0 heterocycles. The van der Waals surface area contributed by atoms with Crippen LogP contribution in [0.3, 0.4) is 0 Å². The Bertz CT molecular complexity index is 137. The van der Waals surface area contributed by atoms with Crippen molar-refractivity contribution in [2.45, 2.75) is 0 Å². The van der Waals surface area contributed by atoms with Crippen molar-refractivity contribution in [2.24, 2.45) is 0 Å². The average molecular weight is 259 g/mol. The number of nitrogens with one attached hydrogen (secondary N) is 1. The molecule has 58 valence electrons. The van der Waals surface area contributed by atoms with Crippen molar-refractivity contribution < 1.29 is 19.4 Å². The van der Waals surface area contributed by atoms with E-state index in [1.54, 1.807) is 22.9 Å². The van der Waals surface area contributed by atoms with Crippen LogP contribution in [-0.2, 0) is 14.3 Å². The molecule has 0 fully saturated rings. The van der Waals surface area contributed by atoms with Crippen LogP contribution >= 0.6 is 22.9 Å². The van der Waals surface area contributed by atoms with Gasteiger partial charge in [-0.25, -0.2) is 4.79 Å². The van der Waals surface area contributed by atoms with Gasteiger partial charge in [-0.1, -0.05) is 0 Å². The summed E-state index contributed by atoms with van der Waals surface area (Å²) in [5, 5.41) is 8.04. The zero-order valence-electron chi connectivity index (χ0n) is 4.96. The van der Waals surface area contributed by atoms with Crippen LogP contribution in [0.5, 0.6) is 0 Å². The Morgan fingerprint density at radius 3 is 2.50 bits per heavy atom. The third-order valence-electron chi connectivity index (χ3n) is 0.564. The Morgan fingerprint density at radius 1 is 1.50 bits per heavy atom. The van der Waals surface area contributed by atoms with E-state index in [1.807, 2.05) is 0 Å². The third-order valence-corrected chi connectivity index (χ3v) is 1.17. The smallest absolute Gasteiger partial charge is 0.329 e. The van der Waals surface area contributed by atoms with E-state index in [4.69, 9.17) is 5.11 Å². The van der Waals surface area contributed by atoms with E-state index in [1.165, 1.54) is 0 Å². The molecular formula is C4H6INO4. The minimum atomic E-state index is -1.08. The maximum atomic E-state index is 10.4. The fraction of sp³-hybridized carbons (Fsp3) is 0.500. The van der Waals surface area contributed by atoms with Gasteiger partial charge in [0.15, 0.2) is 0 Å². The number of carboxylic acids is 1. The van der Waals surface area contributed by atoms with Crippen molar-refractivity contribution in [3.05, 3.63) is 0 Å². The predicted octanol–water partition coefficient (Wildman–Crippen LogP) is -0.446. The molecule has 0 bridgehead atoms. The lowest BCUT2D eigenvalue weighted by Crippen LogP contribution is -2.20. The molecule has 0 rings (SSSR count). The standard InChI is InChI=1S/C4H6INO4/c5-6-3(7)1-10-2-4(8)9/h1-2H2,(H,6,7)(H,8,9). The quantitative estimate of drug-likeness (QED) is 0.529. The van der Waals surface area contributed by atoms with E-state index in [2.05, 4.69) is 8.27 Å². The molecule has 1 amide bonds. The first-order valence-corrected chi connectivity index (χ1v) is 3.43. The Labute approximate surface area is 71.2 Å². The van der Waals surface area contributed by atoms with E-state index in [0.29, 0.717) is 0 Å². The van der Waals surface area contributed by atoms with Crippen LogP contribution in [0, 0.1) is 0 Å². The molecule has 0 aliphatic heterocycles. The van der Waals surface area contributed by atoms with Crippen molar-refractivity contribution >= 4 is 34.7 Å². The molecule has 6 heteroatoms. The van der Waals surface area contributed by atoms with E-state index in [0.717, 1.165) is 0 Å². The molecular weight excluding hydrogens is 253 g/mol. The van der Waals surface area contributed by atoms with Gasteiger partial charge >= 0.3 is 5.97 Å². The predicted molar refractivity (Wildman–Crippen MR) is 40.6 cm³/mol. The molecule has 0 spiro atoms. The fourth-order valence-corrected chi connectivity index (χ4v) is 0.414. The van der Waals surface area contributed by atoms with E-state index >= 15 is 0 Å². The second-order valence-electron chi connectivity index (χ2n) is 1.40. The number of carbonyl (C=O) groups excluding carboxylic acids is 1. The van der Waals surface area contributed by atoms with Crippen molar-refractivity contribution in [3.8, 4) is 0 Å². The lowest BCUT2D eigenvalue weighted by atomic mass is 10.7. The normalized spacial score (nSPS) is 8.90. The molecule has 0 aromatic carbocycles. The number of rotatable bonds is 4. The molecule has 0 aromatic rings. The molecule has 0 aliphatic rings. The van der Waals surface area contributed by atoms with Crippen LogP contribution in [0.1, 0.15) is 0 Å².